The van der Waals surface area contributed by atoms with Gasteiger partial charge in [0.15, 0.2) is 0 Å². The number of hydrogen-bond acceptors (Lipinski definition) is 4. The second-order valence-corrected chi connectivity index (χ2v) is 7.93. The molecule has 3 rings (SSSR count). The molecule has 2 amide bonds. The topological polar surface area (TPSA) is 77.9 Å². The number of carboxylic acid groups (broad SMARTS) is 1. The van der Waals surface area contributed by atoms with Gasteiger partial charge in [-0.05, 0) is 24.5 Å². The van der Waals surface area contributed by atoms with Crippen LogP contribution in [0.5, 0.6) is 0 Å². The molecule has 7 heteroatoms. The Morgan fingerprint density at radius 2 is 2.04 bits per heavy atom. The predicted molar refractivity (Wildman–Crippen MR) is 95.6 cm³/mol. The van der Waals surface area contributed by atoms with E-state index in [1.54, 1.807) is 4.90 Å². The van der Waals surface area contributed by atoms with Crippen molar-refractivity contribution in [2.24, 2.45) is 11.3 Å². The van der Waals surface area contributed by atoms with E-state index in [0.717, 1.165) is 10.6 Å². The number of thioether (sulfide) groups is 1. The Bertz CT molecular complexity index is 721. The zero-order valence-corrected chi connectivity index (χ0v) is 15.2. The Morgan fingerprint density at radius 1 is 1.32 bits per heavy atom. The monoisotopic (exact) mass is 362 g/mol. The molecule has 0 radical (unpaired) electrons. The smallest absolute Gasteiger partial charge is 0.311 e. The summed E-state index contributed by atoms with van der Waals surface area (Å²) >= 11 is 1.47. The summed E-state index contributed by atoms with van der Waals surface area (Å²) in [6.45, 7) is 4.34. The molecular weight excluding hydrogens is 340 g/mol. The van der Waals surface area contributed by atoms with Gasteiger partial charge in [0, 0.05) is 18.0 Å². The molecule has 1 saturated heterocycles. The van der Waals surface area contributed by atoms with Gasteiger partial charge < -0.3 is 14.9 Å². The van der Waals surface area contributed by atoms with Crippen molar-refractivity contribution in [2.45, 2.75) is 25.2 Å². The minimum atomic E-state index is -0.894. The van der Waals surface area contributed by atoms with Crippen molar-refractivity contribution in [2.75, 3.05) is 30.3 Å². The van der Waals surface area contributed by atoms with E-state index in [-0.39, 0.29) is 30.8 Å². The van der Waals surface area contributed by atoms with E-state index in [1.165, 1.54) is 16.7 Å². The van der Waals surface area contributed by atoms with E-state index in [1.807, 2.05) is 38.1 Å². The summed E-state index contributed by atoms with van der Waals surface area (Å²) in [5.41, 5.74) is -0.139. The predicted octanol–water partition coefficient (Wildman–Crippen LogP) is 2.08. The van der Waals surface area contributed by atoms with E-state index in [0.29, 0.717) is 18.7 Å². The van der Waals surface area contributed by atoms with Crippen LogP contribution in [0.25, 0.3) is 0 Å². The largest absolute Gasteiger partial charge is 0.481 e. The standard InChI is InChI=1S/C18H22N2O4S/c1-12(2)18(17(23)24)7-8-19(11-18)15(21)9-20-13-5-3-4-6-14(13)25-10-16(20)22/h3-6,12H,7-11H2,1-2H3,(H,23,24). The van der Waals surface area contributed by atoms with Gasteiger partial charge in [-0.1, -0.05) is 26.0 Å². The highest BCUT2D eigenvalue weighted by Crippen LogP contribution is 2.39. The van der Waals surface area contributed by atoms with Crippen LogP contribution in [0.4, 0.5) is 5.69 Å². The molecule has 0 bridgehead atoms. The van der Waals surface area contributed by atoms with Crippen molar-refractivity contribution in [3.63, 3.8) is 0 Å². The Morgan fingerprint density at radius 3 is 2.68 bits per heavy atom. The lowest BCUT2D eigenvalue weighted by atomic mass is 9.76. The van der Waals surface area contributed by atoms with Crippen molar-refractivity contribution in [1.29, 1.82) is 0 Å². The third-order valence-electron chi connectivity index (χ3n) is 5.29. The minimum absolute atomic E-state index is 0.0375. The second kappa shape index (κ2) is 6.71. The average Bonchev–Trinajstić information content (AvgIpc) is 3.04. The number of carboxylic acids is 1. The zero-order chi connectivity index (χ0) is 18.2. The summed E-state index contributed by atoms with van der Waals surface area (Å²) in [5.74, 6) is -0.886. The quantitative estimate of drug-likeness (QED) is 0.887. The van der Waals surface area contributed by atoms with E-state index >= 15 is 0 Å². The molecule has 134 valence electrons. The highest BCUT2D eigenvalue weighted by atomic mass is 32.2. The Kier molecular flexibility index (Phi) is 4.77. The molecule has 6 nitrogen and oxygen atoms in total. The van der Waals surface area contributed by atoms with Crippen LogP contribution in [-0.2, 0) is 14.4 Å². The van der Waals surface area contributed by atoms with E-state index in [4.69, 9.17) is 0 Å². The van der Waals surface area contributed by atoms with Gasteiger partial charge in [-0.3, -0.25) is 14.4 Å². The molecule has 2 aliphatic rings. The van der Waals surface area contributed by atoms with E-state index in [2.05, 4.69) is 0 Å². The molecule has 1 aromatic rings. The van der Waals surface area contributed by atoms with Crippen LogP contribution < -0.4 is 4.90 Å². The highest BCUT2D eigenvalue weighted by molar-refractivity contribution is 8.00. The number of anilines is 1. The molecule has 1 aromatic carbocycles. The molecule has 1 atom stereocenters. The first kappa shape index (κ1) is 17.8. The van der Waals surface area contributed by atoms with Crippen molar-refractivity contribution in [1.82, 2.24) is 4.90 Å². The number of nitrogens with zero attached hydrogens (tertiary/aromatic N) is 2. The Hall–Kier alpha value is -2.02. The SMILES string of the molecule is CC(C)C1(C(=O)O)CCN(C(=O)CN2C(=O)CSc3ccccc32)C1. The molecule has 25 heavy (non-hydrogen) atoms. The number of carbonyl (C=O) groups is 3. The lowest BCUT2D eigenvalue weighted by Crippen LogP contribution is -2.46. The lowest BCUT2D eigenvalue weighted by Gasteiger charge is -2.31. The first-order chi connectivity index (χ1) is 11.8. The normalized spacial score (nSPS) is 23.1. The summed E-state index contributed by atoms with van der Waals surface area (Å²) in [5, 5.41) is 9.62. The van der Waals surface area contributed by atoms with Gasteiger partial charge in [-0.15, -0.1) is 11.8 Å². The average molecular weight is 362 g/mol. The summed E-state index contributed by atoms with van der Waals surface area (Å²) in [6.07, 6.45) is 0.451. The summed E-state index contributed by atoms with van der Waals surface area (Å²) in [4.78, 5) is 40.9. The summed E-state index contributed by atoms with van der Waals surface area (Å²) in [6, 6.07) is 7.53. The molecule has 1 N–H and O–H groups in total. The number of carbonyl (C=O) groups excluding carboxylic acids is 2. The van der Waals surface area contributed by atoms with Crippen LogP contribution >= 0.6 is 11.8 Å². The molecule has 1 fully saturated rings. The summed E-state index contributed by atoms with van der Waals surface area (Å²) < 4.78 is 0. The van der Waals surface area contributed by atoms with Gasteiger partial charge in [0.05, 0.1) is 16.9 Å². The molecule has 2 aliphatic heterocycles. The van der Waals surface area contributed by atoms with Gasteiger partial charge in [0.25, 0.3) is 0 Å². The van der Waals surface area contributed by atoms with Gasteiger partial charge in [-0.2, -0.15) is 0 Å². The molecule has 0 saturated carbocycles. The molecule has 0 aliphatic carbocycles. The highest BCUT2D eigenvalue weighted by Gasteiger charge is 2.48. The van der Waals surface area contributed by atoms with Gasteiger partial charge in [-0.25, -0.2) is 0 Å². The van der Waals surface area contributed by atoms with E-state index in [9.17, 15) is 19.5 Å². The Balaban J connectivity index is 1.75. The third kappa shape index (κ3) is 3.13. The van der Waals surface area contributed by atoms with Crippen molar-refractivity contribution < 1.29 is 19.5 Å². The number of aliphatic carboxylic acids is 1. The zero-order valence-electron chi connectivity index (χ0n) is 14.4. The van der Waals surface area contributed by atoms with Crippen LogP contribution in [0.1, 0.15) is 20.3 Å². The third-order valence-corrected chi connectivity index (χ3v) is 6.33. The Labute approximate surface area is 151 Å². The van der Waals surface area contributed by atoms with Gasteiger partial charge in [0.2, 0.25) is 11.8 Å². The molecule has 2 heterocycles. The fraction of sp³-hybridized carbons (Fsp3) is 0.500. The minimum Gasteiger partial charge on any atom is -0.481 e. The number of rotatable bonds is 4. The van der Waals surface area contributed by atoms with E-state index < -0.39 is 11.4 Å². The van der Waals surface area contributed by atoms with Crippen LogP contribution in [0.2, 0.25) is 0 Å². The second-order valence-electron chi connectivity index (χ2n) is 6.92. The van der Waals surface area contributed by atoms with Crippen LogP contribution in [0.15, 0.2) is 29.2 Å². The number of amides is 2. The van der Waals surface area contributed by atoms with Crippen molar-refractivity contribution >= 4 is 35.2 Å². The first-order valence-corrected chi connectivity index (χ1v) is 9.37. The summed E-state index contributed by atoms with van der Waals surface area (Å²) in [7, 11) is 0. The molecule has 1 unspecified atom stereocenters. The first-order valence-electron chi connectivity index (χ1n) is 8.38. The molecule has 0 aromatic heterocycles. The maximum absolute atomic E-state index is 12.7. The maximum Gasteiger partial charge on any atom is 0.311 e. The number of benzene rings is 1. The maximum atomic E-state index is 12.7. The van der Waals surface area contributed by atoms with Crippen molar-refractivity contribution in [3.8, 4) is 0 Å². The van der Waals surface area contributed by atoms with Gasteiger partial charge in [0.1, 0.15) is 6.54 Å². The number of likely N-dealkylation sites (tertiary alicyclic amines) is 1. The number of fused-ring (bicyclic) bond motifs is 1. The molecule has 0 spiro atoms. The van der Waals surface area contributed by atoms with Crippen molar-refractivity contribution in [3.05, 3.63) is 24.3 Å². The number of para-hydroxylation sites is 1. The lowest BCUT2D eigenvalue weighted by molar-refractivity contribution is -0.151. The number of hydrogen-bond donors (Lipinski definition) is 1. The fourth-order valence-electron chi connectivity index (χ4n) is 3.50. The van der Waals surface area contributed by atoms with Crippen LogP contribution in [0, 0.1) is 11.3 Å². The van der Waals surface area contributed by atoms with Gasteiger partial charge >= 0.3 is 5.97 Å². The van der Waals surface area contributed by atoms with Crippen LogP contribution in [0.3, 0.4) is 0 Å². The molecular formula is C18H22N2O4S. The fourth-order valence-corrected chi connectivity index (χ4v) is 4.44. The van der Waals surface area contributed by atoms with Crippen LogP contribution in [-0.4, -0.2) is 53.2 Å².